The van der Waals surface area contributed by atoms with Crippen LogP contribution in [-0.2, 0) is 6.54 Å². The summed E-state index contributed by atoms with van der Waals surface area (Å²) < 4.78 is 5.46. The number of nitrogens with zero attached hydrogens (tertiary/aromatic N) is 2. The third kappa shape index (κ3) is 5.01. The van der Waals surface area contributed by atoms with E-state index in [1.807, 2.05) is 43.3 Å². The van der Waals surface area contributed by atoms with Crippen LogP contribution in [0.15, 0.2) is 42.5 Å². The number of ether oxygens (including phenoxy) is 1. The van der Waals surface area contributed by atoms with Crippen LogP contribution in [0, 0.1) is 0 Å². The minimum atomic E-state index is -0.235. The lowest BCUT2D eigenvalue weighted by atomic mass is 10.0. The highest BCUT2D eigenvalue weighted by molar-refractivity contribution is 6.09. The molecule has 2 aromatic rings. The average Bonchev–Trinajstić information content (AvgIpc) is 2.75. The molecule has 2 N–H and O–H groups in total. The molecule has 160 valence electrons. The fourth-order valence-electron chi connectivity index (χ4n) is 3.63. The zero-order valence-electron chi connectivity index (χ0n) is 18.2. The number of phenolic OH excluding ortho intramolecular Hbond substituents is 1. The van der Waals surface area contributed by atoms with Gasteiger partial charge in [0, 0.05) is 52.0 Å². The van der Waals surface area contributed by atoms with Gasteiger partial charge in [-0.2, -0.15) is 0 Å². The molecule has 1 fully saturated rings. The zero-order chi connectivity index (χ0) is 21.7. The van der Waals surface area contributed by atoms with E-state index in [4.69, 9.17) is 4.74 Å². The number of carbonyl (C=O) groups is 1. The number of ketones is 1. The molecule has 1 saturated heterocycles. The number of aromatic hydroxyl groups is 1. The Morgan fingerprint density at radius 3 is 2.63 bits per heavy atom. The summed E-state index contributed by atoms with van der Waals surface area (Å²) >= 11 is 0. The molecule has 2 aromatic carbocycles. The molecule has 6 heteroatoms. The van der Waals surface area contributed by atoms with E-state index in [9.17, 15) is 9.90 Å². The normalized spacial score (nSPS) is 17.3. The van der Waals surface area contributed by atoms with E-state index in [-0.39, 0.29) is 17.1 Å². The second-order valence-electron chi connectivity index (χ2n) is 7.85. The van der Waals surface area contributed by atoms with Crippen LogP contribution in [0.25, 0.3) is 6.08 Å². The van der Waals surface area contributed by atoms with Crippen molar-refractivity contribution in [2.24, 2.45) is 0 Å². The molecule has 0 bridgehead atoms. The van der Waals surface area contributed by atoms with Gasteiger partial charge in [-0.3, -0.25) is 9.69 Å². The highest BCUT2D eigenvalue weighted by Gasteiger charge is 2.23. The van der Waals surface area contributed by atoms with Gasteiger partial charge in [-0.05, 0) is 42.8 Å². The molecular weight excluding hydrogens is 378 g/mol. The highest BCUT2D eigenvalue weighted by atomic mass is 16.5. The lowest BCUT2D eigenvalue weighted by Crippen LogP contribution is -2.49. The Kier molecular flexibility index (Phi) is 7.13. The van der Waals surface area contributed by atoms with Gasteiger partial charge in [0.05, 0.1) is 18.2 Å². The number of piperazine rings is 1. The topological polar surface area (TPSA) is 65.0 Å². The molecule has 0 aromatic heterocycles. The molecule has 3 rings (SSSR count). The van der Waals surface area contributed by atoms with Crippen molar-refractivity contribution in [3.63, 3.8) is 0 Å². The van der Waals surface area contributed by atoms with E-state index < -0.39 is 0 Å². The van der Waals surface area contributed by atoms with Gasteiger partial charge in [0.15, 0.2) is 5.78 Å². The van der Waals surface area contributed by atoms with Crippen molar-refractivity contribution < 1.29 is 14.6 Å². The summed E-state index contributed by atoms with van der Waals surface area (Å²) in [5, 5.41) is 14.3. The number of benzene rings is 2. The Labute approximate surface area is 178 Å². The molecule has 0 amide bonds. The summed E-state index contributed by atoms with van der Waals surface area (Å²) in [4.78, 5) is 17.1. The fraction of sp³-hybridized carbons (Fsp3) is 0.375. The molecule has 1 heterocycles. The van der Waals surface area contributed by atoms with Gasteiger partial charge < -0.3 is 20.1 Å². The third-order valence-corrected chi connectivity index (χ3v) is 5.56. The minimum absolute atomic E-state index is 0.00214. The first kappa shape index (κ1) is 21.9. The number of rotatable bonds is 7. The summed E-state index contributed by atoms with van der Waals surface area (Å²) in [6, 6.07) is 11.7. The first-order valence-electron chi connectivity index (χ1n) is 10.2. The largest absolute Gasteiger partial charge is 0.507 e. The number of anilines is 1. The Bertz CT molecular complexity index is 907. The second-order valence-corrected chi connectivity index (χ2v) is 7.85. The maximum absolute atomic E-state index is 12.8. The first-order chi connectivity index (χ1) is 14.4. The van der Waals surface area contributed by atoms with Crippen molar-refractivity contribution in [2.75, 3.05) is 45.7 Å². The Morgan fingerprint density at radius 2 is 2.00 bits per heavy atom. The third-order valence-electron chi connectivity index (χ3n) is 5.56. The van der Waals surface area contributed by atoms with Crippen LogP contribution in [0.1, 0.15) is 28.4 Å². The molecule has 0 radical (unpaired) electrons. The lowest BCUT2D eigenvalue weighted by molar-refractivity contribution is 0.104. The van der Waals surface area contributed by atoms with Crippen LogP contribution in [0.4, 0.5) is 5.69 Å². The van der Waals surface area contributed by atoms with Gasteiger partial charge in [-0.1, -0.05) is 18.2 Å². The zero-order valence-corrected chi connectivity index (χ0v) is 18.2. The van der Waals surface area contributed by atoms with E-state index in [1.54, 1.807) is 25.3 Å². The Balaban J connectivity index is 1.81. The van der Waals surface area contributed by atoms with E-state index in [0.29, 0.717) is 23.9 Å². The second kappa shape index (κ2) is 9.78. The Morgan fingerprint density at radius 1 is 1.27 bits per heavy atom. The van der Waals surface area contributed by atoms with Gasteiger partial charge >= 0.3 is 0 Å². The van der Waals surface area contributed by atoms with Crippen LogP contribution < -0.4 is 15.0 Å². The molecular formula is C24H31N3O3. The first-order valence-corrected chi connectivity index (χ1v) is 10.2. The smallest absolute Gasteiger partial charge is 0.189 e. The highest BCUT2D eigenvalue weighted by Crippen LogP contribution is 2.33. The number of hydrogen-bond donors (Lipinski definition) is 2. The molecule has 0 saturated carbocycles. The van der Waals surface area contributed by atoms with Gasteiger partial charge in [-0.25, -0.2) is 0 Å². The van der Waals surface area contributed by atoms with E-state index in [2.05, 4.69) is 17.1 Å². The summed E-state index contributed by atoms with van der Waals surface area (Å²) in [5.41, 5.74) is 2.96. The standard InChI is InChI=1S/C24H31N3O3/c1-17-15-25-13-14-27(17)16-21-23(30-4)12-10-20(24(21)29)22(28)11-7-18-5-8-19(9-6-18)26(2)3/h5-12,17,25,29H,13-16H2,1-4H3/b11-7+. The molecule has 6 nitrogen and oxygen atoms in total. The molecule has 1 aliphatic rings. The van der Waals surface area contributed by atoms with Crippen LogP contribution in [0.3, 0.4) is 0 Å². The van der Waals surface area contributed by atoms with Crippen LogP contribution in [0.2, 0.25) is 0 Å². The van der Waals surface area contributed by atoms with Gasteiger partial charge in [0.1, 0.15) is 11.5 Å². The van der Waals surface area contributed by atoms with Gasteiger partial charge in [0.2, 0.25) is 0 Å². The lowest BCUT2D eigenvalue weighted by Gasteiger charge is -2.34. The van der Waals surface area contributed by atoms with Crippen molar-refractivity contribution in [1.29, 1.82) is 0 Å². The SMILES string of the molecule is COc1ccc(C(=O)/C=C/c2ccc(N(C)C)cc2)c(O)c1CN1CCNCC1C. The van der Waals surface area contributed by atoms with Gasteiger partial charge in [0.25, 0.3) is 0 Å². The number of methoxy groups -OCH3 is 1. The number of carbonyl (C=O) groups excluding carboxylic acids is 1. The Hall–Kier alpha value is -2.83. The molecule has 1 aliphatic heterocycles. The predicted octanol–water partition coefficient (Wildman–Crippen LogP) is 3.16. The molecule has 0 spiro atoms. The summed E-state index contributed by atoms with van der Waals surface area (Å²) in [6.07, 6.45) is 3.27. The van der Waals surface area contributed by atoms with Gasteiger partial charge in [-0.15, -0.1) is 0 Å². The van der Waals surface area contributed by atoms with Crippen molar-refractivity contribution in [3.05, 3.63) is 59.2 Å². The maximum atomic E-state index is 12.8. The van der Waals surface area contributed by atoms with Crippen molar-refractivity contribution in [1.82, 2.24) is 10.2 Å². The number of allylic oxidation sites excluding steroid dienone is 1. The monoisotopic (exact) mass is 409 g/mol. The quantitative estimate of drug-likeness (QED) is 0.541. The number of nitrogens with one attached hydrogen (secondary N) is 1. The molecule has 1 atom stereocenters. The van der Waals surface area contributed by atoms with Crippen LogP contribution in [0.5, 0.6) is 11.5 Å². The maximum Gasteiger partial charge on any atom is 0.189 e. The van der Waals surface area contributed by atoms with E-state index in [0.717, 1.165) is 30.9 Å². The summed E-state index contributed by atoms with van der Waals surface area (Å²) in [7, 11) is 5.55. The summed E-state index contributed by atoms with van der Waals surface area (Å²) in [5.74, 6) is 0.358. The minimum Gasteiger partial charge on any atom is -0.507 e. The molecule has 0 aliphatic carbocycles. The molecule has 1 unspecified atom stereocenters. The average molecular weight is 410 g/mol. The van der Waals surface area contributed by atoms with Crippen LogP contribution in [-0.4, -0.2) is 62.7 Å². The molecule has 30 heavy (non-hydrogen) atoms. The fourth-order valence-corrected chi connectivity index (χ4v) is 3.63. The van der Waals surface area contributed by atoms with Crippen LogP contribution >= 0.6 is 0 Å². The van der Waals surface area contributed by atoms with Crippen molar-refractivity contribution >= 4 is 17.5 Å². The van der Waals surface area contributed by atoms with Crippen molar-refractivity contribution in [2.45, 2.75) is 19.5 Å². The number of phenols is 1. The predicted molar refractivity (Wildman–Crippen MR) is 122 cm³/mol. The van der Waals surface area contributed by atoms with E-state index >= 15 is 0 Å². The number of hydrogen-bond acceptors (Lipinski definition) is 6. The summed E-state index contributed by atoms with van der Waals surface area (Å²) in [6.45, 7) is 5.37. The van der Waals surface area contributed by atoms with E-state index in [1.165, 1.54) is 6.08 Å². The van der Waals surface area contributed by atoms with Crippen molar-refractivity contribution in [3.8, 4) is 11.5 Å².